The van der Waals surface area contributed by atoms with Crippen molar-refractivity contribution in [2.45, 2.75) is 13.0 Å². The Morgan fingerprint density at radius 3 is 2.81 bits per heavy atom. The number of hydrogen-bond acceptors (Lipinski definition) is 4. The molecule has 0 fully saturated rings. The molecule has 1 rings (SSSR count). The number of aliphatic imine (C=N–C) groups is 1. The quantitative estimate of drug-likeness (QED) is 0.275. The fourth-order valence-corrected chi connectivity index (χ4v) is 2.36. The number of halogens is 1. The number of likely N-dealkylation sites (N-methyl/N-ethyl adjacent to an activating group) is 1. The van der Waals surface area contributed by atoms with Gasteiger partial charge < -0.3 is 20.3 Å². The van der Waals surface area contributed by atoms with E-state index in [0.29, 0.717) is 0 Å². The highest BCUT2D eigenvalue weighted by Crippen LogP contribution is 2.06. The van der Waals surface area contributed by atoms with E-state index in [0.717, 1.165) is 45.2 Å². The third kappa shape index (κ3) is 10.0. The first kappa shape index (κ1) is 20.6. The molecule has 122 valence electrons. The van der Waals surface area contributed by atoms with Gasteiger partial charge in [0.25, 0.3) is 0 Å². The van der Waals surface area contributed by atoms with Crippen LogP contribution in [-0.4, -0.2) is 58.3 Å². The molecule has 0 unspecified atom stereocenters. The maximum Gasteiger partial charge on any atom is 0.191 e. The molecule has 0 saturated carbocycles. The summed E-state index contributed by atoms with van der Waals surface area (Å²) in [5.74, 6) is 0.859. The van der Waals surface area contributed by atoms with Crippen molar-refractivity contribution in [2.75, 3.05) is 47.4 Å². The van der Waals surface area contributed by atoms with Crippen LogP contribution in [0.2, 0.25) is 0 Å². The van der Waals surface area contributed by atoms with Gasteiger partial charge in [-0.25, -0.2) is 0 Å². The molecule has 0 aliphatic heterocycles. The van der Waals surface area contributed by atoms with E-state index in [2.05, 4.69) is 45.1 Å². The van der Waals surface area contributed by atoms with Crippen molar-refractivity contribution in [2.24, 2.45) is 4.99 Å². The Morgan fingerprint density at radius 2 is 2.19 bits per heavy atom. The molecule has 2 N–H and O–H groups in total. The van der Waals surface area contributed by atoms with Crippen molar-refractivity contribution < 1.29 is 4.74 Å². The van der Waals surface area contributed by atoms with Crippen LogP contribution in [0.15, 0.2) is 22.5 Å². The largest absolute Gasteiger partial charge is 0.383 e. The molecular weight excluding hydrogens is 399 g/mol. The molecule has 7 heteroatoms. The lowest BCUT2D eigenvalue weighted by atomic mass is 10.4. The normalized spacial score (nSPS) is 11.3. The molecular formula is C14H27IN4OS. The maximum absolute atomic E-state index is 5.06. The predicted molar refractivity (Wildman–Crippen MR) is 102 cm³/mol. The Bertz CT molecular complexity index is 373. The number of rotatable bonds is 9. The highest BCUT2D eigenvalue weighted by Gasteiger charge is 2.00. The minimum atomic E-state index is 0. The van der Waals surface area contributed by atoms with Crippen LogP contribution in [0.3, 0.4) is 0 Å². The zero-order valence-corrected chi connectivity index (χ0v) is 16.2. The minimum absolute atomic E-state index is 0. The molecule has 1 aromatic heterocycles. The number of methoxy groups -OCH3 is 1. The summed E-state index contributed by atoms with van der Waals surface area (Å²) in [6.45, 7) is 4.56. The number of guanidine groups is 1. The van der Waals surface area contributed by atoms with Crippen molar-refractivity contribution in [1.29, 1.82) is 0 Å². The van der Waals surface area contributed by atoms with Crippen molar-refractivity contribution in [1.82, 2.24) is 15.5 Å². The highest BCUT2D eigenvalue weighted by atomic mass is 127. The summed E-state index contributed by atoms with van der Waals surface area (Å²) < 4.78 is 5.06. The topological polar surface area (TPSA) is 48.9 Å². The molecule has 0 radical (unpaired) electrons. The number of thiophene rings is 1. The molecule has 0 amide bonds. The van der Waals surface area contributed by atoms with Gasteiger partial charge in [0, 0.05) is 32.1 Å². The zero-order chi connectivity index (χ0) is 14.6. The highest BCUT2D eigenvalue weighted by molar-refractivity contribution is 14.0. The summed E-state index contributed by atoms with van der Waals surface area (Å²) in [7, 11) is 5.65. The lowest BCUT2D eigenvalue weighted by Crippen LogP contribution is -2.38. The molecule has 0 aliphatic rings. The molecule has 0 atom stereocenters. The van der Waals surface area contributed by atoms with Gasteiger partial charge in [-0.2, -0.15) is 0 Å². The lowest BCUT2D eigenvalue weighted by Gasteiger charge is -2.16. The Labute approximate surface area is 149 Å². The van der Waals surface area contributed by atoms with E-state index in [-0.39, 0.29) is 24.0 Å². The van der Waals surface area contributed by atoms with Gasteiger partial charge in [0.2, 0.25) is 0 Å². The van der Waals surface area contributed by atoms with Crippen LogP contribution < -0.4 is 10.6 Å². The summed E-state index contributed by atoms with van der Waals surface area (Å²) in [6, 6.07) is 4.18. The summed E-state index contributed by atoms with van der Waals surface area (Å²) >= 11 is 1.75. The van der Waals surface area contributed by atoms with Crippen LogP contribution in [0.5, 0.6) is 0 Å². The van der Waals surface area contributed by atoms with Gasteiger partial charge in [-0.15, -0.1) is 35.3 Å². The Morgan fingerprint density at radius 1 is 1.38 bits per heavy atom. The average Bonchev–Trinajstić information content (AvgIpc) is 2.97. The Balaban J connectivity index is 0.00000400. The summed E-state index contributed by atoms with van der Waals surface area (Å²) in [5, 5.41) is 8.73. The third-order valence-corrected chi connectivity index (χ3v) is 3.80. The van der Waals surface area contributed by atoms with E-state index < -0.39 is 0 Å². The van der Waals surface area contributed by atoms with E-state index in [9.17, 15) is 0 Å². The van der Waals surface area contributed by atoms with Crippen LogP contribution in [-0.2, 0) is 11.3 Å². The van der Waals surface area contributed by atoms with Gasteiger partial charge in [0.15, 0.2) is 5.96 Å². The first-order chi connectivity index (χ1) is 9.76. The van der Waals surface area contributed by atoms with Crippen molar-refractivity contribution in [3.63, 3.8) is 0 Å². The monoisotopic (exact) mass is 426 g/mol. The zero-order valence-electron chi connectivity index (χ0n) is 13.1. The van der Waals surface area contributed by atoms with Crippen LogP contribution in [0.4, 0.5) is 0 Å². The van der Waals surface area contributed by atoms with Crippen molar-refractivity contribution in [3.05, 3.63) is 22.4 Å². The average molecular weight is 426 g/mol. The molecule has 0 bridgehead atoms. The molecule has 21 heavy (non-hydrogen) atoms. The summed E-state index contributed by atoms with van der Waals surface area (Å²) in [4.78, 5) is 7.80. The SMILES string of the molecule is CN=C(NCCCN(C)CCOC)NCc1cccs1.I. The third-order valence-electron chi connectivity index (χ3n) is 2.92. The first-order valence-corrected chi connectivity index (χ1v) is 7.78. The van der Waals surface area contributed by atoms with Gasteiger partial charge in [0.05, 0.1) is 13.2 Å². The molecule has 0 saturated heterocycles. The second kappa shape index (κ2) is 13.3. The van der Waals surface area contributed by atoms with Crippen LogP contribution in [0.1, 0.15) is 11.3 Å². The van der Waals surface area contributed by atoms with Gasteiger partial charge in [-0.3, -0.25) is 4.99 Å². The summed E-state index contributed by atoms with van der Waals surface area (Å²) in [6.07, 6.45) is 1.08. The van der Waals surface area contributed by atoms with E-state index in [1.807, 2.05) is 0 Å². The standard InChI is InChI=1S/C14H26N4OS.HI/c1-15-14(17-12-13-6-4-11-20-13)16-7-5-8-18(2)9-10-19-3;/h4,6,11H,5,7-10,12H2,1-3H3,(H2,15,16,17);1H. The van der Waals surface area contributed by atoms with Gasteiger partial charge >= 0.3 is 0 Å². The fraction of sp³-hybridized carbons (Fsp3) is 0.643. The van der Waals surface area contributed by atoms with Gasteiger partial charge in [0.1, 0.15) is 0 Å². The Hall–Kier alpha value is -0.380. The first-order valence-electron chi connectivity index (χ1n) is 6.90. The van der Waals surface area contributed by atoms with Crippen LogP contribution in [0, 0.1) is 0 Å². The van der Waals surface area contributed by atoms with Gasteiger partial charge in [-0.05, 0) is 31.5 Å². The summed E-state index contributed by atoms with van der Waals surface area (Å²) in [5.41, 5.74) is 0. The lowest BCUT2D eigenvalue weighted by molar-refractivity contribution is 0.161. The van der Waals surface area contributed by atoms with E-state index >= 15 is 0 Å². The van der Waals surface area contributed by atoms with Crippen LogP contribution >= 0.6 is 35.3 Å². The van der Waals surface area contributed by atoms with E-state index in [4.69, 9.17) is 4.74 Å². The predicted octanol–water partition coefficient (Wildman–Crippen LogP) is 2.00. The second-order valence-electron chi connectivity index (χ2n) is 4.58. The fourth-order valence-electron chi connectivity index (χ4n) is 1.72. The molecule has 0 aromatic carbocycles. The van der Waals surface area contributed by atoms with Crippen LogP contribution in [0.25, 0.3) is 0 Å². The van der Waals surface area contributed by atoms with Crippen molar-refractivity contribution in [3.8, 4) is 0 Å². The molecule has 1 heterocycles. The smallest absolute Gasteiger partial charge is 0.191 e. The van der Waals surface area contributed by atoms with E-state index in [1.54, 1.807) is 25.5 Å². The molecule has 0 aliphatic carbocycles. The number of hydrogen-bond donors (Lipinski definition) is 2. The van der Waals surface area contributed by atoms with E-state index in [1.165, 1.54) is 4.88 Å². The number of nitrogens with one attached hydrogen (secondary N) is 2. The Kier molecular flexibility index (Phi) is 13.1. The minimum Gasteiger partial charge on any atom is -0.383 e. The molecule has 5 nitrogen and oxygen atoms in total. The number of nitrogens with zero attached hydrogens (tertiary/aromatic N) is 2. The van der Waals surface area contributed by atoms with Crippen molar-refractivity contribution >= 4 is 41.3 Å². The maximum atomic E-state index is 5.06. The van der Waals surface area contributed by atoms with Gasteiger partial charge in [-0.1, -0.05) is 6.07 Å². The molecule has 0 spiro atoms. The second-order valence-corrected chi connectivity index (χ2v) is 5.61. The number of ether oxygens (including phenoxy) is 1. The molecule has 1 aromatic rings.